The summed E-state index contributed by atoms with van der Waals surface area (Å²) in [6.07, 6.45) is 4.44. The number of ether oxygens (including phenoxy) is 1. The van der Waals surface area contributed by atoms with E-state index in [9.17, 15) is 9.18 Å². The van der Waals surface area contributed by atoms with Gasteiger partial charge in [0.15, 0.2) is 11.6 Å². The molecule has 1 amide bonds. The van der Waals surface area contributed by atoms with Gasteiger partial charge in [0.1, 0.15) is 5.82 Å². The Balaban J connectivity index is 1.25. The van der Waals surface area contributed by atoms with Gasteiger partial charge in [-0.3, -0.25) is 0 Å². The Morgan fingerprint density at radius 3 is 2.17 bits per heavy atom. The van der Waals surface area contributed by atoms with Crippen LogP contribution in [0.5, 0.6) is 5.75 Å². The summed E-state index contributed by atoms with van der Waals surface area (Å²) in [5.41, 5.74) is 4.48. The third-order valence-electron chi connectivity index (χ3n) is 6.12. The first kappa shape index (κ1) is 25.2. The molecule has 186 valence electrons. The molecule has 0 aliphatic heterocycles. The molecule has 0 atom stereocenters. The zero-order chi connectivity index (χ0) is 25.2. The highest BCUT2D eigenvalue weighted by Gasteiger charge is 2.17. The number of hydrogen-bond acceptors (Lipinski definition) is 3. The van der Waals surface area contributed by atoms with Gasteiger partial charge in [0.2, 0.25) is 0 Å². The van der Waals surface area contributed by atoms with Gasteiger partial charge in [-0.25, -0.2) is 14.2 Å². The second-order valence-corrected chi connectivity index (χ2v) is 8.75. The number of aromatic nitrogens is 2. The van der Waals surface area contributed by atoms with Crippen LogP contribution in [0, 0.1) is 12.7 Å². The van der Waals surface area contributed by atoms with Gasteiger partial charge in [-0.2, -0.15) is 0 Å². The Morgan fingerprint density at radius 2 is 1.44 bits per heavy atom. The van der Waals surface area contributed by atoms with Gasteiger partial charge in [0.25, 0.3) is 0 Å². The molecule has 1 heterocycles. The number of nitrogens with zero attached hydrogens (tertiary/aromatic N) is 2. The number of halogens is 1. The number of nitrogens with one attached hydrogen (secondary N) is 1. The van der Waals surface area contributed by atoms with E-state index in [1.165, 1.54) is 17.7 Å². The van der Waals surface area contributed by atoms with Crippen LogP contribution in [0.3, 0.4) is 0 Å². The van der Waals surface area contributed by atoms with Gasteiger partial charge in [-0.15, -0.1) is 0 Å². The second-order valence-electron chi connectivity index (χ2n) is 8.75. The normalized spacial score (nSPS) is 10.8. The SMILES string of the molecule is Cc1nc(-c2ccccc2)c(-c2ccccc2)n1CCCCCCCNC(=O)Oc1ccccc1F. The maximum atomic E-state index is 13.6. The lowest BCUT2D eigenvalue weighted by Crippen LogP contribution is -2.28. The van der Waals surface area contributed by atoms with Crippen molar-refractivity contribution in [1.82, 2.24) is 14.9 Å². The minimum absolute atomic E-state index is 0.0601. The van der Waals surface area contributed by atoms with E-state index < -0.39 is 11.9 Å². The molecule has 0 fully saturated rings. The van der Waals surface area contributed by atoms with Crippen LogP contribution >= 0.6 is 0 Å². The lowest BCUT2D eigenvalue weighted by atomic mass is 10.0. The van der Waals surface area contributed by atoms with Crippen LogP contribution in [0.1, 0.15) is 37.9 Å². The second kappa shape index (κ2) is 12.7. The van der Waals surface area contributed by atoms with Crippen molar-refractivity contribution in [2.45, 2.75) is 45.6 Å². The molecule has 3 aromatic carbocycles. The smallest absolute Gasteiger partial charge is 0.407 e. The first-order valence-corrected chi connectivity index (χ1v) is 12.5. The van der Waals surface area contributed by atoms with Crippen LogP contribution in [0.15, 0.2) is 84.9 Å². The molecular formula is C30H32FN3O2. The number of benzene rings is 3. The zero-order valence-electron chi connectivity index (χ0n) is 20.6. The summed E-state index contributed by atoms with van der Waals surface area (Å²) >= 11 is 0. The van der Waals surface area contributed by atoms with Gasteiger partial charge in [-0.05, 0) is 31.9 Å². The predicted molar refractivity (Wildman–Crippen MR) is 141 cm³/mol. The molecule has 5 nitrogen and oxygen atoms in total. The van der Waals surface area contributed by atoms with Crippen molar-refractivity contribution in [2.24, 2.45) is 0 Å². The third kappa shape index (κ3) is 6.60. The molecular weight excluding hydrogens is 453 g/mol. The van der Waals surface area contributed by atoms with E-state index in [1.807, 2.05) is 24.3 Å². The molecule has 4 rings (SSSR count). The standard InChI is InChI=1S/C30H32FN3O2/c1-23-33-28(24-15-7-5-8-16-24)29(25-17-9-6-10-18-25)34(23)22-14-4-2-3-13-21-32-30(35)36-27-20-12-11-19-26(27)31/h5-12,15-20H,2-4,13-14,21-22H2,1H3,(H,32,35). The van der Waals surface area contributed by atoms with Crippen molar-refractivity contribution in [1.29, 1.82) is 0 Å². The number of hydrogen-bond donors (Lipinski definition) is 1. The summed E-state index contributed by atoms with van der Waals surface area (Å²) in [6.45, 7) is 3.49. The summed E-state index contributed by atoms with van der Waals surface area (Å²) in [5, 5.41) is 2.69. The van der Waals surface area contributed by atoms with Crippen molar-refractivity contribution >= 4 is 6.09 Å². The molecule has 0 radical (unpaired) electrons. The number of para-hydroxylation sites is 1. The van der Waals surface area contributed by atoms with Crippen LogP contribution in [-0.4, -0.2) is 22.2 Å². The molecule has 0 saturated carbocycles. The maximum absolute atomic E-state index is 13.6. The van der Waals surface area contributed by atoms with Crippen molar-refractivity contribution in [3.63, 3.8) is 0 Å². The molecule has 1 N–H and O–H groups in total. The number of carbonyl (C=O) groups is 1. The van der Waals surface area contributed by atoms with E-state index in [2.05, 4.69) is 53.2 Å². The maximum Gasteiger partial charge on any atom is 0.412 e. The summed E-state index contributed by atoms with van der Waals surface area (Å²) in [5.74, 6) is 0.410. The summed E-state index contributed by atoms with van der Waals surface area (Å²) in [6, 6.07) is 26.7. The van der Waals surface area contributed by atoms with Crippen LogP contribution in [0.2, 0.25) is 0 Å². The summed E-state index contributed by atoms with van der Waals surface area (Å²) < 4.78 is 20.9. The molecule has 0 saturated heterocycles. The van der Waals surface area contributed by atoms with Crippen molar-refractivity contribution in [3.05, 3.63) is 96.6 Å². The van der Waals surface area contributed by atoms with Crippen molar-refractivity contribution in [3.8, 4) is 28.3 Å². The molecule has 4 aromatic rings. The number of amides is 1. The molecule has 0 bridgehead atoms. The number of unbranched alkanes of at least 4 members (excludes halogenated alkanes) is 4. The summed E-state index contributed by atoms with van der Waals surface area (Å²) in [4.78, 5) is 16.8. The number of carbonyl (C=O) groups excluding carboxylic acids is 1. The van der Waals surface area contributed by atoms with Gasteiger partial charge >= 0.3 is 6.09 Å². The average Bonchev–Trinajstić information content (AvgIpc) is 3.24. The van der Waals surface area contributed by atoms with E-state index in [0.29, 0.717) is 6.54 Å². The fourth-order valence-corrected chi connectivity index (χ4v) is 4.30. The highest BCUT2D eigenvalue weighted by Crippen LogP contribution is 2.33. The highest BCUT2D eigenvalue weighted by atomic mass is 19.1. The molecule has 0 unspecified atom stereocenters. The van der Waals surface area contributed by atoms with Gasteiger partial charge in [0.05, 0.1) is 11.4 Å². The molecule has 0 aliphatic rings. The van der Waals surface area contributed by atoms with E-state index >= 15 is 0 Å². The van der Waals surface area contributed by atoms with E-state index in [1.54, 1.807) is 12.1 Å². The van der Waals surface area contributed by atoms with Gasteiger partial charge in [-0.1, -0.05) is 92.1 Å². The highest BCUT2D eigenvalue weighted by molar-refractivity contribution is 5.79. The van der Waals surface area contributed by atoms with Gasteiger partial charge in [0, 0.05) is 24.2 Å². The number of imidazole rings is 1. The monoisotopic (exact) mass is 485 g/mol. The quantitative estimate of drug-likeness (QED) is 0.225. The van der Waals surface area contributed by atoms with Crippen LogP contribution in [0.25, 0.3) is 22.5 Å². The Hall–Kier alpha value is -3.93. The van der Waals surface area contributed by atoms with Crippen LogP contribution < -0.4 is 10.1 Å². The predicted octanol–water partition coefficient (Wildman–Crippen LogP) is 7.40. The molecule has 0 spiro atoms. The Bertz CT molecular complexity index is 1260. The average molecular weight is 486 g/mol. The summed E-state index contributed by atoms with van der Waals surface area (Å²) in [7, 11) is 0. The largest absolute Gasteiger partial charge is 0.412 e. The molecule has 36 heavy (non-hydrogen) atoms. The van der Waals surface area contributed by atoms with Gasteiger partial charge < -0.3 is 14.6 Å². The van der Waals surface area contributed by atoms with Crippen LogP contribution in [-0.2, 0) is 6.54 Å². The third-order valence-corrected chi connectivity index (χ3v) is 6.12. The van der Waals surface area contributed by atoms with Crippen molar-refractivity contribution in [2.75, 3.05) is 6.54 Å². The van der Waals surface area contributed by atoms with E-state index in [4.69, 9.17) is 9.72 Å². The minimum atomic E-state index is -0.627. The van der Waals surface area contributed by atoms with E-state index in [-0.39, 0.29) is 5.75 Å². The lowest BCUT2D eigenvalue weighted by molar-refractivity contribution is 0.198. The zero-order valence-corrected chi connectivity index (χ0v) is 20.6. The fraction of sp³-hybridized carbons (Fsp3) is 0.267. The fourth-order valence-electron chi connectivity index (χ4n) is 4.30. The first-order valence-electron chi connectivity index (χ1n) is 12.5. The topological polar surface area (TPSA) is 56.2 Å². The number of aryl methyl sites for hydroxylation is 1. The minimum Gasteiger partial charge on any atom is -0.407 e. The molecule has 0 aliphatic carbocycles. The number of rotatable bonds is 11. The Morgan fingerprint density at radius 1 is 0.833 bits per heavy atom. The van der Waals surface area contributed by atoms with Crippen molar-refractivity contribution < 1.29 is 13.9 Å². The molecule has 1 aromatic heterocycles. The lowest BCUT2D eigenvalue weighted by Gasteiger charge is -2.12. The Labute approximate surface area is 212 Å². The Kier molecular flexibility index (Phi) is 8.87. The van der Waals surface area contributed by atoms with Crippen LogP contribution in [0.4, 0.5) is 9.18 Å². The first-order chi connectivity index (χ1) is 17.6. The van der Waals surface area contributed by atoms with E-state index in [0.717, 1.165) is 61.4 Å². The molecule has 6 heteroatoms.